The van der Waals surface area contributed by atoms with Crippen LogP contribution in [0, 0.1) is 0 Å². The first-order valence-electron chi connectivity index (χ1n) is 9.04. The standard InChI is InChI=1S/C21H22N4OS/c1-24(2)21-17-14-25(19(26)13-16-9-6-12-27-16)11-10-18(17)22-20(23-21)15-7-4-3-5-8-15/h3-9,12H,10-11,13-14H2,1-2H3. The van der Waals surface area contributed by atoms with Crippen molar-refractivity contribution in [3.05, 3.63) is 64.0 Å². The summed E-state index contributed by atoms with van der Waals surface area (Å²) in [6.45, 7) is 1.28. The van der Waals surface area contributed by atoms with Crippen LogP contribution in [0.15, 0.2) is 47.8 Å². The molecule has 0 fully saturated rings. The van der Waals surface area contributed by atoms with Crippen molar-refractivity contribution in [1.29, 1.82) is 0 Å². The molecule has 1 amide bonds. The lowest BCUT2D eigenvalue weighted by Crippen LogP contribution is -2.38. The van der Waals surface area contributed by atoms with Crippen molar-refractivity contribution >= 4 is 23.1 Å². The van der Waals surface area contributed by atoms with Crippen LogP contribution in [0.1, 0.15) is 16.1 Å². The lowest BCUT2D eigenvalue weighted by Gasteiger charge is -2.31. The molecule has 2 aromatic heterocycles. The van der Waals surface area contributed by atoms with E-state index in [9.17, 15) is 4.79 Å². The van der Waals surface area contributed by atoms with Crippen LogP contribution in [-0.2, 0) is 24.2 Å². The number of amides is 1. The summed E-state index contributed by atoms with van der Waals surface area (Å²) in [5, 5.41) is 2.01. The second-order valence-corrected chi connectivity index (χ2v) is 7.91. The topological polar surface area (TPSA) is 49.3 Å². The number of carbonyl (C=O) groups excluding carboxylic acids is 1. The van der Waals surface area contributed by atoms with Crippen LogP contribution in [0.4, 0.5) is 5.82 Å². The smallest absolute Gasteiger partial charge is 0.228 e. The van der Waals surface area contributed by atoms with Crippen molar-refractivity contribution in [2.24, 2.45) is 0 Å². The van der Waals surface area contributed by atoms with Gasteiger partial charge in [-0.1, -0.05) is 36.4 Å². The molecule has 1 aliphatic rings. The van der Waals surface area contributed by atoms with Gasteiger partial charge in [-0.25, -0.2) is 9.97 Å². The molecule has 5 nitrogen and oxygen atoms in total. The molecule has 6 heteroatoms. The number of nitrogens with zero attached hydrogens (tertiary/aromatic N) is 4. The Bertz CT molecular complexity index is 938. The first-order chi connectivity index (χ1) is 13.1. The molecular formula is C21H22N4OS. The highest BCUT2D eigenvalue weighted by atomic mass is 32.1. The van der Waals surface area contributed by atoms with E-state index in [0.29, 0.717) is 19.5 Å². The average molecular weight is 379 g/mol. The Morgan fingerprint density at radius 1 is 1.15 bits per heavy atom. The van der Waals surface area contributed by atoms with Crippen molar-refractivity contribution in [2.45, 2.75) is 19.4 Å². The second-order valence-electron chi connectivity index (χ2n) is 6.88. The number of anilines is 1. The number of carbonyl (C=O) groups is 1. The van der Waals surface area contributed by atoms with Gasteiger partial charge in [0.25, 0.3) is 0 Å². The Labute approximate surface area is 163 Å². The summed E-state index contributed by atoms with van der Waals surface area (Å²) in [6.07, 6.45) is 1.22. The van der Waals surface area contributed by atoms with E-state index in [2.05, 4.69) is 0 Å². The zero-order chi connectivity index (χ0) is 18.8. The predicted molar refractivity (Wildman–Crippen MR) is 109 cm³/mol. The van der Waals surface area contributed by atoms with E-state index >= 15 is 0 Å². The van der Waals surface area contributed by atoms with Gasteiger partial charge in [0, 0.05) is 43.1 Å². The van der Waals surface area contributed by atoms with E-state index in [0.717, 1.165) is 39.8 Å². The van der Waals surface area contributed by atoms with Gasteiger partial charge in [0.1, 0.15) is 5.82 Å². The van der Waals surface area contributed by atoms with Gasteiger partial charge >= 0.3 is 0 Å². The Morgan fingerprint density at radius 2 is 1.96 bits per heavy atom. The summed E-state index contributed by atoms with van der Waals surface area (Å²) in [6, 6.07) is 14.0. The van der Waals surface area contributed by atoms with Gasteiger partial charge in [0.15, 0.2) is 5.82 Å². The van der Waals surface area contributed by atoms with Gasteiger partial charge in [-0.05, 0) is 11.4 Å². The number of thiophene rings is 1. The third-order valence-electron chi connectivity index (χ3n) is 4.75. The molecule has 3 aromatic rings. The minimum Gasteiger partial charge on any atom is -0.362 e. The van der Waals surface area contributed by atoms with Crippen LogP contribution in [0.2, 0.25) is 0 Å². The fraction of sp³-hybridized carbons (Fsp3) is 0.286. The normalized spacial score (nSPS) is 13.3. The van der Waals surface area contributed by atoms with Gasteiger partial charge in [-0.15, -0.1) is 11.3 Å². The maximum absolute atomic E-state index is 12.7. The van der Waals surface area contributed by atoms with E-state index in [-0.39, 0.29) is 5.91 Å². The first kappa shape index (κ1) is 17.7. The van der Waals surface area contributed by atoms with Crippen LogP contribution in [-0.4, -0.2) is 41.4 Å². The molecule has 0 N–H and O–H groups in total. The largest absolute Gasteiger partial charge is 0.362 e. The van der Waals surface area contributed by atoms with E-state index in [1.807, 2.05) is 71.7 Å². The van der Waals surface area contributed by atoms with E-state index in [1.165, 1.54) is 0 Å². The van der Waals surface area contributed by atoms with Crippen LogP contribution in [0.3, 0.4) is 0 Å². The van der Waals surface area contributed by atoms with Crippen LogP contribution < -0.4 is 4.90 Å². The minimum atomic E-state index is 0.167. The zero-order valence-corrected chi connectivity index (χ0v) is 16.4. The number of fused-ring (bicyclic) bond motifs is 1. The molecule has 0 spiro atoms. The van der Waals surface area contributed by atoms with Crippen LogP contribution in [0.25, 0.3) is 11.4 Å². The lowest BCUT2D eigenvalue weighted by atomic mass is 10.0. The molecule has 1 aromatic carbocycles. The third-order valence-corrected chi connectivity index (χ3v) is 5.63. The SMILES string of the molecule is CN(C)c1nc(-c2ccccc2)nc2c1CN(C(=O)Cc1cccs1)CC2. The highest BCUT2D eigenvalue weighted by Gasteiger charge is 2.26. The van der Waals surface area contributed by atoms with Crippen LogP contribution >= 0.6 is 11.3 Å². The van der Waals surface area contributed by atoms with Gasteiger partial charge in [-0.2, -0.15) is 0 Å². The molecule has 0 radical (unpaired) electrons. The molecule has 138 valence electrons. The minimum absolute atomic E-state index is 0.167. The fourth-order valence-electron chi connectivity index (χ4n) is 3.37. The van der Waals surface area contributed by atoms with Gasteiger partial charge in [0.05, 0.1) is 18.7 Å². The molecule has 27 heavy (non-hydrogen) atoms. The molecule has 0 aliphatic carbocycles. The highest BCUT2D eigenvalue weighted by molar-refractivity contribution is 7.10. The molecule has 0 bridgehead atoms. The van der Waals surface area contributed by atoms with Gasteiger partial charge in [-0.3, -0.25) is 4.79 Å². The van der Waals surface area contributed by atoms with E-state index in [4.69, 9.17) is 9.97 Å². The molecule has 0 saturated carbocycles. The maximum Gasteiger partial charge on any atom is 0.228 e. The van der Waals surface area contributed by atoms with Crippen molar-refractivity contribution in [3.8, 4) is 11.4 Å². The lowest BCUT2D eigenvalue weighted by molar-refractivity contribution is -0.131. The summed E-state index contributed by atoms with van der Waals surface area (Å²) in [4.78, 5) is 27.4. The summed E-state index contributed by atoms with van der Waals surface area (Å²) < 4.78 is 0. The average Bonchev–Trinajstić information content (AvgIpc) is 3.20. The maximum atomic E-state index is 12.7. The summed E-state index contributed by atoms with van der Waals surface area (Å²) in [5.74, 6) is 1.81. The van der Waals surface area contributed by atoms with Crippen molar-refractivity contribution in [3.63, 3.8) is 0 Å². The Kier molecular flexibility index (Phi) is 4.90. The highest BCUT2D eigenvalue weighted by Crippen LogP contribution is 2.29. The second kappa shape index (κ2) is 7.48. The zero-order valence-electron chi connectivity index (χ0n) is 15.6. The molecule has 0 unspecified atom stereocenters. The molecule has 0 atom stereocenters. The van der Waals surface area contributed by atoms with Gasteiger partial charge in [0.2, 0.25) is 5.91 Å². The van der Waals surface area contributed by atoms with E-state index < -0.39 is 0 Å². The van der Waals surface area contributed by atoms with Gasteiger partial charge < -0.3 is 9.80 Å². The van der Waals surface area contributed by atoms with Crippen molar-refractivity contribution in [2.75, 3.05) is 25.5 Å². The molecule has 3 heterocycles. The summed E-state index contributed by atoms with van der Waals surface area (Å²) in [7, 11) is 3.98. The number of benzene rings is 1. The fourth-order valence-corrected chi connectivity index (χ4v) is 4.07. The molecule has 1 aliphatic heterocycles. The van der Waals surface area contributed by atoms with Crippen molar-refractivity contribution in [1.82, 2.24) is 14.9 Å². The number of hydrogen-bond acceptors (Lipinski definition) is 5. The monoisotopic (exact) mass is 378 g/mol. The third kappa shape index (κ3) is 3.71. The Hall–Kier alpha value is -2.73. The molecule has 0 saturated heterocycles. The predicted octanol–water partition coefficient (Wildman–Crippen LogP) is 3.40. The Balaban J connectivity index is 1.63. The number of aromatic nitrogens is 2. The first-order valence-corrected chi connectivity index (χ1v) is 9.92. The molecule has 4 rings (SSSR count). The van der Waals surface area contributed by atoms with Crippen molar-refractivity contribution < 1.29 is 4.79 Å². The summed E-state index contributed by atoms with van der Waals surface area (Å²) in [5.41, 5.74) is 3.12. The number of rotatable bonds is 4. The van der Waals surface area contributed by atoms with Crippen LogP contribution in [0.5, 0.6) is 0 Å². The molecular weight excluding hydrogens is 356 g/mol. The van der Waals surface area contributed by atoms with E-state index in [1.54, 1.807) is 11.3 Å². The summed E-state index contributed by atoms with van der Waals surface area (Å²) >= 11 is 1.63. The Morgan fingerprint density at radius 3 is 2.67 bits per heavy atom. The quantitative estimate of drug-likeness (QED) is 0.698. The number of hydrogen-bond donors (Lipinski definition) is 0.